The van der Waals surface area contributed by atoms with Gasteiger partial charge < -0.3 is 11.1 Å². The van der Waals surface area contributed by atoms with Gasteiger partial charge in [-0.2, -0.15) is 0 Å². The van der Waals surface area contributed by atoms with Crippen LogP contribution in [0.25, 0.3) is 0 Å². The second-order valence-corrected chi connectivity index (χ2v) is 5.76. The lowest BCUT2D eigenvalue weighted by Gasteiger charge is -2.18. The predicted octanol–water partition coefficient (Wildman–Crippen LogP) is 2.35. The first kappa shape index (κ1) is 13.5. The Bertz CT molecular complexity index is 592. The zero-order valence-corrected chi connectivity index (χ0v) is 11.9. The summed E-state index contributed by atoms with van der Waals surface area (Å²) >= 11 is 1.43. The third-order valence-corrected chi connectivity index (χ3v) is 4.28. The van der Waals surface area contributed by atoms with Gasteiger partial charge in [-0.05, 0) is 32.9 Å². The Balaban J connectivity index is 2.29. The zero-order valence-electron chi connectivity index (χ0n) is 11.1. The van der Waals surface area contributed by atoms with Crippen LogP contribution in [-0.2, 0) is 10.2 Å². The lowest BCUT2D eigenvalue weighted by Crippen LogP contribution is -2.35. The van der Waals surface area contributed by atoms with Gasteiger partial charge in [-0.3, -0.25) is 4.79 Å². The van der Waals surface area contributed by atoms with Gasteiger partial charge in [0.15, 0.2) is 5.13 Å². The van der Waals surface area contributed by atoms with E-state index in [1.54, 1.807) is 20.0 Å². The summed E-state index contributed by atoms with van der Waals surface area (Å²) in [5.41, 5.74) is 5.54. The quantitative estimate of drug-likeness (QED) is 0.898. The molecule has 19 heavy (non-hydrogen) atoms. The summed E-state index contributed by atoms with van der Waals surface area (Å²) in [5, 5.41) is 3.83. The highest BCUT2D eigenvalue weighted by Gasteiger charge is 2.32. The van der Waals surface area contributed by atoms with E-state index in [0.717, 1.165) is 16.4 Å². The summed E-state index contributed by atoms with van der Waals surface area (Å²) in [6, 6.07) is 5.60. The minimum Gasteiger partial charge on any atom is -0.369 e. The van der Waals surface area contributed by atoms with Gasteiger partial charge in [-0.25, -0.2) is 9.97 Å². The number of primary amides is 1. The van der Waals surface area contributed by atoms with Crippen LogP contribution in [0.3, 0.4) is 0 Å². The fourth-order valence-corrected chi connectivity index (χ4v) is 2.77. The fraction of sp³-hybridized carbons (Fsp3) is 0.308. The number of pyridine rings is 1. The fourth-order valence-electron chi connectivity index (χ4n) is 1.69. The monoisotopic (exact) mass is 276 g/mol. The molecule has 0 aliphatic rings. The zero-order chi connectivity index (χ0) is 14.0. The van der Waals surface area contributed by atoms with Crippen LogP contribution >= 0.6 is 11.3 Å². The van der Waals surface area contributed by atoms with Gasteiger partial charge in [-0.15, -0.1) is 11.3 Å². The molecule has 2 rings (SSSR count). The molecule has 1 amide bonds. The van der Waals surface area contributed by atoms with Crippen molar-refractivity contribution in [3.05, 3.63) is 35.0 Å². The van der Waals surface area contributed by atoms with Gasteiger partial charge in [0.1, 0.15) is 5.82 Å². The number of aryl methyl sites for hydroxylation is 1. The predicted molar refractivity (Wildman–Crippen MR) is 76.6 cm³/mol. The molecule has 6 heteroatoms. The molecular weight excluding hydrogens is 260 g/mol. The first-order valence-electron chi connectivity index (χ1n) is 5.87. The number of hydrogen-bond acceptors (Lipinski definition) is 5. The molecule has 0 spiro atoms. The van der Waals surface area contributed by atoms with Gasteiger partial charge in [-0.1, -0.05) is 6.07 Å². The number of amides is 1. The summed E-state index contributed by atoms with van der Waals surface area (Å²) in [7, 11) is 0. The van der Waals surface area contributed by atoms with E-state index in [0.29, 0.717) is 5.13 Å². The maximum atomic E-state index is 11.5. The van der Waals surface area contributed by atoms with Crippen LogP contribution in [0, 0.1) is 6.92 Å². The number of nitrogens with two attached hydrogens (primary N) is 1. The molecule has 0 unspecified atom stereocenters. The Labute approximate surface area is 115 Å². The molecule has 0 saturated heterocycles. The van der Waals surface area contributed by atoms with E-state index in [1.165, 1.54) is 11.3 Å². The van der Waals surface area contributed by atoms with Crippen LogP contribution in [0.15, 0.2) is 24.4 Å². The van der Waals surface area contributed by atoms with Crippen molar-refractivity contribution in [3.63, 3.8) is 0 Å². The molecule has 100 valence electrons. The van der Waals surface area contributed by atoms with Gasteiger partial charge >= 0.3 is 0 Å². The molecule has 0 radical (unpaired) electrons. The molecule has 0 aromatic carbocycles. The van der Waals surface area contributed by atoms with Crippen molar-refractivity contribution in [2.45, 2.75) is 26.2 Å². The SMILES string of the molecule is Cc1nc(Nc2ccccn2)sc1C(C)(C)C(N)=O. The Hall–Kier alpha value is -1.95. The summed E-state index contributed by atoms with van der Waals surface area (Å²) in [6.45, 7) is 5.49. The van der Waals surface area contributed by atoms with Crippen LogP contribution in [0.2, 0.25) is 0 Å². The van der Waals surface area contributed by atoms with Gasteiger partial charge in [0.25, 0.3) is 0 Å². The standard InChI is InChI=1S/C13H16N4OS/c1-8-10(13(2,3)11(14)18)19-12(16-8)17-9-6-4-5-7-15-9/h4-7H,1-3H3,(H2,14,18)(H,15,16,17). The molecule has 2 aromatic rings. The summed E-state index contributed by atoms with van der Waals surface area (Å²) in [4.78, 5) is 21.0. The maximum Gasteiger partial charge on any atom is 0.228 e. The first-order chi connectivity index (χ1) is 8.91. The molecule has 0 aliphatic heterocycles. The highest BCUT2D eigenvalue weighted by molar-refractivity contribution is 7.16. The van der Waals surface area contributed by atoms with Gasteiger partial charge in [0.2, 0.25) is 5.91 Å². The number of thiazole rings is 1. The van der Waals surface area contributed by atoms with Crippen molar-refractivity contribution in [2.24, 2.45) is 5.73 Å². The maximum absolute atomic E-state index is 11.5. The van der Waals surface area contributed by atoms with E-state index in [2.05, 4.69) is 15.3 Å². The van der Waals surface area contributed by atoms with E-state index < -0.39 is 5.41 Å². The van der Waals surface area contributed by atoms with Crippen LogP contribution in [0.5, 0.6) is 0 Å². The lowest BCUT2D eigenvalue weighted by molar-refractivity contribution is -0.122. The molecule has 2 aromatic heterocycles. The van der Waals surface area contributed by atoms with E-state index in [-0.39, 0.29) is 5.91 Å². The first-order valence-corrected chi connectivity index (χ1v) is 6.69. The van der Waals surface area contributed by atoms with Crippen LogP contribution in [0.1, 0.15) is 24.4 Å². The summed E-state index contributed by atoms with van der Waals surface area (Å²) in [5.74, 6) is 0.364. The largest absolute Gasteiger partial charge is 0.369 e. The van der Waals surface area contributed by atoms with Gasteiger partial charge in [0, 0.05) is 11.1 Å². The van der Waals surface area contributed by atoms with Crippen molar-refractivity contribution in [3.8, 4) is 0 Å². The molecule has 0 saturated carbocycles. The molecule has 5 nitrogen and oxygen atoms in total. The van der Waals surface area contributed by atoms with E-state index in [1.807, 2.05) is 25.1 Å². The molecule has 3 N–H and O–H groups in total. The smallest absolute Gasteiger partial charge is 0.228 e. The Kier molecular flexibility index (Phi) is 3.53. The Morgan fingerprint density at radius 3 is 2.74 bits per heavy atom. The van der Waals surface area contributed by atoms with Crippen LogP contribution in [0.4, 0.5) is 10.9 Å². The number of aromatic nitrogens is 2. The van der Waals surface area contributed by atoms with E-state index >= 15 is 0 Å². The number of nitrogens with one attached hydrogen (secondary N) is 1. The molecule has 0 fully saturated rings. The third-order valence-electron chi connectivity index (χ3n) is 2.88. The van der Waals surface area contributed by atoms with E-state index in [4.69, 9.17) is 5.73 Å². The topological polar surface area (TPSA) is 80.9 Å². The molecule has 2 heterocycles. The normalized spacial score (nSPS) is 11.3. The summed E-state index contributed by atoms with van der Waals surface area (Å²) < 4.78 is 0. The van der Waals surface area contributed by atoms with Crippen molar-refractivity contribution < 1.29 is 4.79 Å². The number of rotatable bonds is 4. The molecule has 0 atom stereocenters. The average Bonchev–Trinajstić information content (AvgIpc) is 2.72. The Morgan fingerprint density at radius 1 is 1.42 bits per heavy atom. The van der Waals surface area contributed by atoms with Crippen LogP contribution < -0.4 is 11.1 Å². The third kappa shape index (κ3) is 2.73. The average molecular weight is 276 g/mol. The van der Waals surface area contributed by atoms with E-state index in [9.17, 15) is 4.79 Å². The van der Waals surface area contributed by atoms with Crippen molar-refractivity contribution in [2.75, 3.05) is 5.32 Å². The number of carbonyl (C=O) groups excluding carboxylic acids is 1. The van der Waals surface area contributed by atoms with Crippen molar-refractivity contribution in [1.29, 1.82) is 0 Å². The van der Waals surface area contributed by atoms with Crippen molar-refractivity contribution >= 4 is 28.2 Å². The second-order valence-electron chi connectivity index (χ2n) is 4.76. The Morgan fingerprint density at radius 2 is 2.16 bits per heavy atom. The molecule has 0 aliphatic carbocycles. The highest BCUT2D eigenvalue weighted by Crippen LogP contribution is 2.34. The highest BCUT2D eigenvalue weighted by atomic mass is 32.1. The van der Waals surface area contributed by atoms with Crippen LogP contribution in [-0.4, -0.2) is 15.9 Å². The second kappa shape index (κ2) is 4.97. The molecule has 0 bridgehead atoms. The minimum absolute atomic E-state index is 0.358. The molecular formula is C13H16N4OS. The number of nitrogens with zero attached hydrogens (tertiary/aromatic N) is 2. The minimum atomic E-state index is -0.716. The number of anilines is 2. The van der Waals surface area contributed by atoms with Crippen molar-refractivity contribution in [1.82, 2.24) is 9.97 Å². The number of carbonyl (C=O) groups is 1. The number of hydrogen-bond donors (Lipinski definition) is 2. The van der Waals surface area contributed by atoms with Gasteiger partial charge in [0.05, 0.1) is 11.1 Å². The lowest BCUT2D eigenvalue weighted by atomic mass is 9.90. The summed E-state index contributed by atoms with van der Waals surface area (Å²) in [6.07, 6.45) is 1.71.